The molecule has 3 aromatic carbocycles. The quantitative estimate of drug-likeness (QED) is 0.357. The molecule has 0 unspecified atom stereocenters. The van der Waals surface area contributed by atoms with Gasteiger partial charge in [0.15, 0.2) is 0 Å². The molecule has 0 aliphatic heterocycles. The maximum Gasteiger partial charge on any atom is 0.261 e. The number of hydrogen-bond donors (Lipinski definition) is 2. The van der Waals surface area contributed by atoms with Crippen LogP contribution in [0.1, 0.15) is 15.9 Å². The van der Waals surface area contributed by atoms with E-state index >= 15 is 0 Å². The SMILES string of the molecule is COCCSc1ccccc1C(=O)Nc1ccc(S(=O)(=O)Nc2ccc(C)cc2)cc1. The molecule has 0 atom stereocenters. The van der Waals surface area contributed by atoms with Crippen molar-refractivity contribution in [2.24, 2.45) is 0 Å². The lowest BCUT2D eigenvalue weighted by molar-refractivity contribution is 0.102. The molecule has 1 amide bonds. The molecule has 0 saturated carbocycles. The highest BCUT2D eigenvalue weighted by Crippen LogP contribution is 2.24. The first-order valence-electron chi connectivity index (χ1n) is 9.61. The summed E-state index contributed by atoms with van der Waals surface area (Å²) < 4.78 is 32.8. The van der Waals surface area contributed by atoms with Crippen LogP contribution in [0.25, 0.3) is 0 Å². The van der Waals surface area contributed by atoms with E-state index in [2.05, 4.69) is 10.0 Å². The first-order chi connectivity index (χ1) is 14.9. The van der Waals surface area contributed by atoms with Crippen molar-refractivity contribution in [3.63, 3.8) is 0 Å². The average Bonchev–Trinajstić information content (AvgIpc) is 2.76. The van der Waals surface area contributed by atoms with Gasteiger partial charge in [-0.25, -0.2) is 8.42 Å². The summed E-state index contributed by atoms with van der Waals surface area (Å²) in [6.07, 6.45) is 0. The number of benzene rings is 3. The molecule has 31 heavy (non-hydrogen) atoms. The van der Waals surface area contributed by atoms with Crippen LogP contribution in [0.5, 0.6) is 0 Å². The highest BCUT2D eigenvalue weighted by atomic mass is 32.2. The van der Waals surface area contributed by atoms with E-state index in [9.17, 15) is 13.2 Å². The lowest BCUT2D eigenvalue weighted by Gasteiger charge is -2.11. The molecular formula is C23H24N2O4S2. The maximum atomic E-state index is 12.7. The van der Waals surface area contributed by atoms with E-state index in [1.54, 1.807) is 49.2 Å². The number of carbonyl (C=O) groups is 1. The molecule has 0 spiro atoms. The molecule has 8 heteroatoms. The molecular weight excluding hydrogens is 432 g/mol. The standard InChI is InChI=1S/C23H24N2O4S2/c1-17-7-9-19(10-8-17)25-31(27,28)20-13-11-18(12-14-20)24-23(26)21-5-3-4-6-22(21)30-16-15-29-2/h3-14,25H,15-16H2,1-2H3,(H,24,26). The predicted octanol–water partition coefficient (Wildman–Crippen LogP) is 4.79. The van der Waals surface area contributed by atoms with Crippen LogP contribution in [0.15, 0.2) is 82.6 Å². The number of thioether (sulfide) groups is 1. The summed E-state index contributed by atoms with van der Waals surface area (Å²) in [7, 11) is -2.08. The van der Waals surface area contributed by atoms with E-state index in [4.69, 9.17) is 4.74 Å². The number of aryl methyl sites for hydroxylation is 1. The van der Waals surface area contributed by atoms with Gasteiger partial charge in [0.25, 0.3) is 15.9 Å². The highest BCUT2D eigenvalue weighted by Gasteiger charge is 2.15. The first kappa shape index (κ1) is 22.9. The zero-order chi connectivity index (χ0) is 22.3. The first-order valence-corrected chi connectivity index (χ1v) is 12.1. The molecule has 3 aromatic rings. The van der Waals surface area contributed by atoms with Crippen LogP contribution < -0.4 is 10.0 Å². The normalized spacial score (nSPS) is 11.2. The van der Waals surface area contributed by atoms with Crippen LogP contribution in [-0.2, 0) is 14.8 Å². The van der Waals surface area contributed by atoms with E-state index < -0.39 is 10.0 Å². The summed E-state index contributed by atoms with van der Waals surface area (Å²) in [6.45, 7) is 2.52. The van der Waals surface area contributed by atoms with Gasteiger partial charge < -0.3 is 10.1 Å². The van der Waals surface area contributed by atoms with E-state index in [-0.39, 0.29) is 10.8 Å². The second-order valence-corrected chi connectivity index (χ2v) is 9.61. The molecule has 6 nitrogen and oxygen atoms in total. The van der Waals surface area contributed by atoms with Gasteiger partial charge in [-0.05, 0) is 55.5 Å². The van der Waals surface area contributed by atoms with Gasteiger partial charge in [-0.2, -0.15) is 0 Å². The third-order valence-corrected chi connectivity index (χ3v) is 6.84. The Morgan fingerprint density at radius 1 is 0.935 bits per heavy atom. The second-order valence-electron chi connectivity index (χ2n) is 6.79. The summed E-state index contributed by atoms with van der Waals surface area (Å²) in [6, 6.07) is 20.5. The summed E-state index contributed by atoms with van der Waals surface area (Å²) in [4.78, 5) is 13.7. The van der Waals surface area contributed by atoms with Crippen LogP contribution in [0, 0.1) is 6.92 Å². The van der Waals surface area contributed by atoms with Crippen molar-refractivity contribution < 1.29 is 17.9 Å². The van der Waals surface area contributed by atoms with Gasteiger partial charge >= 0.3 is 0 Å². The number of nitrogens with one attached hydrogen (secondary N) is 2. The molecule has 0 aromatic heterocycles. The van der Waals surface area contributed by atoms with Crippen LogP contribution in [0.2, 0.25) is 0 Å². The molecule has 2 N–H and O–H groups in total. The number of anilines is 2. The lowest BCUT2D eigenvalue weighted by Crippen LogP contribution is -2.14. The average molecular weight is 457 g/mol. The van der Waals surface area contributed by atoms with Crippen molar-refractivity contribution in [2.75, 3.05) is 29.5 Å². The summed E-state index contributed by atoms with van der Waals surface area (Å²) in [5.41, 5.74) is 2.60. The van der Waals surface area contributed by atoms with Crippen molar-refractivity contribution in [1.29, 1.82) is 0 Å². The molecule has 3 rings (SSSR count). The molecule has 0 radical (unpaired) electrons. The number of amides is 1. The zero-order valence-corrected chi connectivity index (χ0v) is 18.9. The van der Waals surface area contributed by atoms with Gasteiger partial charge in [0, 0.05) is 29.1 Å². The Bertz CT molecular complexity index is 1130. The molecule has 0 saturated heterocycles. The number of ether oxygens (including phenoxy) is 1. The Balaban J connectivity index is 1.69. The number of hydrogen-bond acceptors (Lipinski definition) is 5. The summed E-state index contributed by atoms with van der Waals surface area (Å²) >= 11 is 1.54. The van der Waals surface area contributed by atoms with Crippen LogP contribution in [-0.4, -0.2) is 33.8 Å². The van der Waals surface area contributed by atoms with E-state index in [0.29, 0.717) is 23.5 Å². The van der Waals surface area contributed by atoms with Crippen molar-refractivity contribution in [3.8, 4) is 0 Å². The molecule has 0 heterocycles. The van der Waals surface area contributed by atoms with Crippen LogP contribution in [0.4, 0.5) is 11.4 Å². The van der Waals surface area contributed by atoms with E-state index in [1.807, 2.05) is 37.3 Å². The van der Waals surface area contributed by atoms with Gasteiger partial charge in [0.1, 0.15) is 0 Å². The molecule has 0 aliphatic rings. The fourth-order valence-corrected chi connectivity index (χ4v) is 4.79. The minimum absolute atomic E-state index is 0.113. The van der Waals surface area contributed by atoms with Crippen molar-refractivity contribution in [2.45, 2.75) is 16.7 Å². The van der Waals surface area contributed by atoms with Crippen molar-refractivity contribution in [3.05, 3.63) is 83.9 Å². The number of rotatable bonds is 9. The Hall–Kier alpha value is -2.81. The zero-order valence-electron chi connectivity index (χ0n) is 17.3. The summed E-state index contributed by atoms with van der Waals surface area (Å²) in [5, 5.41) is 2.82. The largest absolute Gasteiger partial charge is 0.384 e. The Morgan fingerprint density at radius 3 is 2.26 bits per heavy atom. The van der Waals surface area contributed by atoms with Gasteiger partial charge in [-0.3, -0.25) is 9.52 Å². The Kier molecular flexibility index (Phi) is 7.73. The predicted molar refractivity (Wildman–Crippen MR) is 125 cm³/mol. The number of carbonyl (C=O) groups excluding carboxylic acids is 1. The van der Waals surface area contributed by atoms with Crippen LogP contribution in [0.3, 0.4) is 0 Å². The fourth-order valence-electron chi connectivity index (χ4n) is 2.77. The van der Waals surface area contributed by atoms with Gasteiger partial charge in [-0.1, -0.05) is 29.8 Å². The van der Waals surface area contributed by atoms with E-state index in [0.717, 1.165) is 16.2 Å². The maximum absolute atomic E-state index is 12.7. The van der Waals surface area contributed by atoms with Gasteiger partial charge in [0.2, 0.25) is 0 Å². The third-order valence-electron chi connectivity index (χ3n) is 4.40. The minimum Gasteiger partial charge on any atom is -0.384 e. The van der Waals surface area contributed by atoms with Crippen molar-refractivity contribution >= 4 is 39.1 Å². The van der Waals surface area contributed by atoms with Gasteiger partial charge in [0.05, 0.1) is 17.1 Å². The number of methoxy groups -OCH3 is 1. The smallest absolute Gasteiger partial charge is 0.261 e. The molecule has 0 bridgehead atoms. The highest BCUT2D eigenvalue weighted by molar-refractivity contribution is 7.99. The Labute approximate surface area is 187 Å². The van der Waals surface area contributed by atoms with Crippen molar-refractivity contribution in [1.82, 2.24) is 0 Å². The molecule has 0 aliphatic carbocycles. The summed E-state index contributed by atoms with van der Waals surface area (Å²) in [5.74, 6) is 0.482. The molecule has 0 fully saturated rings. The monoisotopic (exact) mass is 456 g/mol. The topological polar surface area (TPSA) is 84.5 Å². The minimum atomic E-state index is -3.72. The van der Waals surface area contributed by atoms with Gasteiger partial charge in [-0.15, -0.1) is 11.8 Å². The molecule has 162 valence electrons. The second kappa shape index (κ2) is 10.5. The van der Waals surface area contributed by atoms with Crippen LogP contribution >= 0.6 is 11.8 Å². The Morgan fingerprint density at radius 2 is 1.58 bits per heavy atom. The third kappa shape index (κ3) is 6.33. The van der Waals surface area contributed by atoms with E-state index in [1.165, 1.54) is 12.1 Å². The fraction of sp³-hybridized carbons (Fsp3) is 0.174. The number of sulfonamides is 1. The lowest BCUT2D eigenvalue weighted by atomic mass is 10.2.